The molecule has 3 N–H and O–H groups in total. The van der Waals surface area contributed by atoms with Crippen LogP contribution in [0.1, 0.15) is 10.4 Å². The van der Waals surface area contributed by atoms with Gasteiger partial charge in [-0.3, -0.25) is 15.2 Å². The van der Waals surface area contributed by atoms with Gasteiger partial charge in [0.2, 0.25) is 6.79 Å². The van der Waals surface area contributed by atoms with Crippen LogP contribution in [0.2, 0.25) is 0 Å². The number of carbonyl (C=O) groups is 2. The molecule has 3 amide bonds. The molecule has 0 atom stereocenters. The number of hydrogen-bond donors (Lipinski definition) is 3. The number of amides is 3. The summed E-state index contributed by atoms with van der Waals surface area (Å²) in [6, 6.07) is 7.47. The predicted molar refractivity (Wildman–Crippen MR) is 76.4 cm³/mol. The molecule has 1 aliphatic rings. The molecular weight excluding hydrogens is 288 g/mol. The van der Waals surface area contributed by atoms with E-state index in [-0.39, 0.29) is 6.79 Å². The van der Waals surface area contributed by atoms with E-state index in [0.29, 0.717) is 22.7 Å². The van der Waals surface area contributed by atoms with Gasteiger partial charge in [-0.05, 0) is 24.3 Å². The molecule has 8 nitrogen and oxygen atoms in total. The highest BCUT2D eigenvalue weighted by Gasteiger charge is 2.14. The Morgan fingerprint density at radius 1 is 1.00 bits per heavy atom. The quantitative estimate of drug-likeness (QED) is 0.725. The molecule has 1 aliphatic heterocycles. The van der Waals surface area contributed by atoms with Crippen molar-refractivity contribution in [2.75, 3.05) is 12.1 Å². The molecular formula is C14H12N4O4. The van der Waals surface area contributed by atoms with Crippen molar-refractivity contribution in [3.05, 3.63) is 48.3 Å². The SMILES string of the molecule is O=C(NNC(=O)c1ccncc1)Nc1ccc2c(c1)OCO2. The van der Waals surface area contributed by atoms with Crippen molar-refractivity contribution in [2.45, 2.75) is 0 Å². The smallest absolute Gasteiger partial charge is 0.337 e. The molecule has 22 heavy (non-hydrogen) atoms. The first-order chi connectivity index (χ1) is 10.7. The van der Waals surface area contributed by atoms with Crippen LogP contribution < -0.4 is 25.6 Å². The molecule has 0 spiro atoms. The number of anilines is 1. The van der Waals surface area contributed by atoms with E-state index in [4.69, 9.17) is 9.47 Å². The van der Waals surface area contributed by atoms with Crippen molar-refractivity contribution in [1.82, 2.24) is 15.8 Å². The van der Waals surface area contributed by atoms with Crippen LogP contribution in [0.25, 0.3) is 0 Å². The molecule has 0 fully saturated rings. The summed E-state index contributed by atoms with van der Waals surface area (Å²) in [5, 5.41) is 2.57. The lowest BCUT2D eigenvalue weighted by Gasteiger charge is -2.09. The van der Waals surface area contributed by atoms with Crippen LogP contribution in [0, 0.1) is 0 Å². The lowest BCUT2D eigenvalue weighted by atomic mass is 10.3. The number of urea groups is 1. The minimum absolute atomic E-state index is 0.160. The lowest BCUT2D eigenvalue weighted by molar-refractivity contribution is 0.0938. The van der Waals surface area contributed by atoms with Crippen molar-refractivity contribution in [3.8, 4) is 11.5 Å². The third-order valence-electron chi connectivity index (χ3n) is 2.86. The Labute approximate surface area is 125 Å². The number of nitrogens with zero attached hydrogens (tertiary/aromatic N) is 1. The second kappa shape index (κ2) is 6.00. The van der Waals surface area contributed by atoms with Gasteiger partial charge in [0, 0.05) is 29.7 Å². The Bertz CT molecular complexity index is 705. The molecule has 2 aromatic rings. The molecule has 3 rings (SSSR count). The van der Waals surface area contributed by atoms with Crippen LogP contribution in [0.5, 0.6) is 11.5 Å². The number of nitrogens with one attached hydrogen (secondary N) is 3. The summed E-state index contributed by atoms with van der Waals surface area (Å²) in [5.74, 6) is 0.735. The third-order valence-corrected chi connectivity index (χ3v) is 2.86. The number of hydrogen-bond acceptors (Lipinski definition) is 5. The maximum atomic E-state index is 11.7. The number of aromatic nitrogens is 1. The fraction of sp³-hybridized carbons (Fsp3) is 0.0714. The summed E-state index contributed by atoms with van der Waals surface area (Å²) in [4.78, 5) is 27.3. The molecule has 0 radical (unpaired) electrons. The van der Waals surface area contributed by atoms with Gasteiger partial charge in [0.1, 0.15) is 0 Å². The maximum Gasteiger partial charge on any atom is 0.337 e. The second-order valence-electron chi connectivity index (χ2n) is 4.34. The number of benzene rings is 1. The van der Waals surface area contributed by atoms with Gasteiger partial charge in [0.25, 0.3) is 5.91 Å². The Hall–Kier alpha value is -3.29. The largest absolute Gasteiger partial charge is 0.454 e. The van der Waals surface area contributed by atoms with Crippen molar-refractivity contribution >= 4 is 17.6 Å². The summed E-state index contributed by atoms with van der Waals surface area (Å²) < 4.78 is 10.4. The molecule has 2 heterocycles. The maximum absolute atomic E-state index is 11.7. The average Bonchev–Trinajstić information content (AvgIpc) is 3.01. The normalized spacial score (nSPS) is 11.6. The summed E-state index contributed by atoms with van der Waals surface area (Å²) in [6.45, 7) is 0.160. The van der Waals surface area contributed by atoms with Gasteiger partial charge in [-0.15, -0.1) is 0 Å². The summed E-state index contributed by atoms with van der Waals surface area (Å²) in [7, 11) is 0. The van der Waals surface area contributed by atoms with Gasteiger partial charge in [-0.25, -0.2) is 10.2 Å². The topological polar surface area (TPSA) is 102 Å². The van der Waals surface area contributed by atoms with Crippen molar-refractivity contribution < 1.29 is 19.1 Å². The van der Waals surface area contributed by atoms with Gasteiger partial charge in [0.15, 0.2) is 11.5 Å². The molecule has 112 valence electrons. The standard InChI is InChI=1S/C14H12N4O4/c19-13(9-3-5-15-6-4-9)17-18-14(20)16-10-1-2-11-12(7-10)22-8-21-11/h1-7H,8H2,(H,17,19)(H2,16,18,20). The highest BCUT2D eigenvalue weighted by molar-refractivity contribution is 5.97. The number of fused-ring (bicyclic) bond motifs is 1. The van der Waals surface area contributed by atoms with Crippen LogP contribution in [-0.2, 0) is 0 Å². The van der Waals surface area contributed by atoms with Gasteiger partial charge in [-0.1, -0.05) is 0 Å². The summed E-state index contributed by atoms with van der Waals surface area (Å²) in [5.41, 5.74) is 5.44. The van der Waals surface area contributed by atoms with Crippen LogP contribution in [0.15, 0.2) is 42.7 Å². The average molecular weight is 300 g/mol. The minimum atomic E-state index is -0.582. The lowest BCUT2D eigenvalue weighted by Crippen LogP contribution is -2.43. The Morgan fingerprint density at radius 2 is 1.77 bits per heavy atom. The second-order valence-corrected chi connectivity index (χ2v) is 4.34. The molecule has 0 saturated carbocycles. The van der Waals surface area contributed by atoms with E-state index in [2.05, 4.69) is 21.2 Å². The first-order valence-corrected chi connectivity index (χ1v) is 6.39. The van der Waals surface area contributed by atoms with Gasteiger partial charge >= 0.3 is 6.03 Å². The third kappa shape index (κ3) is 3.06. The molecule has 0 saturated heterocycles. The zero-order chi connectivity index (χ0) is 15.4. The number of hydrazine groups is 1. The summed E-state index contributed by atoms with van der Waals surface area (Å²) >= 11 is 0. The fourth-order valence-electron chi connectivity index (χ4n) is 1.83. The van der Waals surface area contributed by atoms with Crippen molar-refractivity contribution in [1.29, 1.82) is 0 Å². The molecule has 1 aromatic carbocycles. The van der Waals surface area contributed by atoms with Crippen molar-refractivity contribution in [3.63, 3.8) is 0 Å². The number of rotatable bonds is 2. The van der Waals surface area contributed by atoms with Crippen molar-refractivity contribution in [2.24, 2.45) is 0 Å². The molecule has 1 aromatic heterocycles. The molecule has 0 unspecified atom stereocenters. The first kappa shape index (κ1) is 13.7. The Balaban J connectivity index is 1.53. The van der Waals surface area contributed by atoms with E-state index in [1.165, 1.54) is 24.5 Å². The minimum Gasteiger partial charge on any atom is -0.454 e. The van der Waals surface area contributed by atoms with E-state index < -0.39 is 11.9 Å². The first-order valence-electron chi connectivity index (χ1n) is 6.39. The van der Waals surface area contributed by atoms with E-state index >= 15 is 0 Å². The monoisotopic (exact) mass is 300 g/mol. The van der Waals surface area contributed by atoms with Crippen LogP contribution in [-0.4, -0.2) is 23.7 Å². The van der Waals surface area contributed by atoms with Gasteiger partial charge in [0.05, 0.1) is 0 Å². The van der Waals surface area contributed by atoms with E-state index in [1.54, 1.807) is 18.2 Å². The van der Waals surface area contributed by atoms with Crippen LogP contribution >= 0.6 is 0 Å². The van der Waals surface area contributed by atoms with Crippen LogP contribution in [0.4, 0.5) is 10.5 Å². The highest BCUT2D eigenvalue weighted by atomic mass is 16.7. The van der Waals surface area contributed by atoms with Gasteiger partial charge < -0.3 is 14.8 Å². The fourth-order valence-corrected chi connectivity index (χ4v) is 1.83. The molecule has 8 heteroatoms. The number of pyridine rings is 1. The van der Waals surface area contributed by atoms with E-state index in [9.17, 15) is 9.59 Å². The van der Waals surface area contributed by atoms with Gasteiger partial charge in [-0.2, -0.15) is 0 Å². The number of ether oxygens (including phenoxy) is 2. The van der Waals surface area contributed by atoms with E-state index in [1.807, 2.05) is 0 Å². The summed E-state index contributed by atoms with van der Waals surface area (Å²) in [6.07, 6.45) is 2.98. The van der Waals surface area contributed by atoms with Crippen LogP contribution in [0.3, 0.4) is 0 Å². The van der Waals surface area contributed by atoms with E-state index in [0.717, 1.165) is 0 Å². The zero-order valence-electron chi connectivity index (χ0n) is 11.3. The molecule has 0 bridgehead atoms. The predicted octanol–water partition coefficient (Wildman–Crippen LogP) is 1.28. The molecule has 0 aliphatic carbocycles. The Morgan fingerprint density at radius 3 is 2.59 bits per heavy atom. The number of carbonyl (C=O) groups excluding carboxylic acids is 2. The Kier molecular flexibility index (Phi) is 3.73. The zero-order valence-corrected chi connectivity index (χ0v) is 11.3. The highest BCUT2D eigenvalue weighted by Crippen LogP contribution is 2.34.